The number of amides is 1. The summed E-state index contributed by atoms with van der Waals surface area (Å²) in [6.45, 7) is -0.167. The number of ether oxygens (including phenoxy) is 1. The molecule has 0 bridgehead atoms. The molecule has 2 aromatic carbocycles. The number of fused-ring (bicyclic) bond motifs is 1. The Labute approximate surface area is 150 Å². The summed E-state index contributed by atoms with van der Waals surface area (Å²) in [6.07, 6.45) is 2.92. The molecular weight excluding hydrogens is 347 g/mol. The van der Waals surface area contributed by atoms with Crippen molar-refractivity contribution in [1.82, 2.24) is 5.43 Å². The third kappa shape index (κ3) is 4.08. The van der Waals surface area contributed by atoms with E-state index < -0.39 is 0 Å². The summed E-state index contributed by atoms with van der Waals surface area (Å²) in [6, 6.07) is 13.0. The molecule has 3 rings (SSSR count). The van der Waals surface area contributed by atoms with Crippen molar-refractivity contribution in [3.05, 3.63) is 63.6 Å². The minimum absolute atomic E-state index is 0.167. The molecule has 0 aliphatic heterocycles. The fourth-order valence-electron chi connectivity index (χ4n) is 2.61. The number of benzene rings is 2. The van der Waals surface area contributed by atoms with E-state index in [2.05, 4.69) is 16.6 Å². The van der Waals surface area contributed by atoms with Crippen molar-refractivity contribution >= 4 is 34.8 Å². The van der Waals surface area contributed by atoms with Gasteiger partial charge in [-0.15, -0.1) is 0 Å². The fraction of sp³-hybridized carbons (Fsp3) is 0.222. The standard InChI is InChI=1S/C18H16Cl2N2O2/c19-13-8-9-17(15(20)10-13)24-11-18(23)22-21-16-7-3-5-12-4-1-2-6-14(12)16/h1-2,4,6,8-10H,3,5,7,11H2,(H,22,23)/b21-16-. The predicted octanol–water partition coefficient (Wildman–Crippen LogP) is 4.23. The minimum Gasteiger partial charge on any atom is -0.482 e. The van der Waals surface area contributed by atoms with Crippen molar-refractivity contribution in [2.24, 2.45) is 5.10 Å². The first-order valence-electron chi connectivity index (χ1n) is 7.65. The highest BCUT2D eigenvalue weighted by molar-refractivity contribution is 6.35. The maximum absolute atomic E-state index is 11.9. The number of hydrazone groups is 1. The van der Waals surface area contributed by atoms with E-state index >= 15 is 0 Å². The molecule has 0 fully saturated rings. The van der Waals surface area contributed by atoms with Crippen LogP contribution >= 0.6 is 23.2 Å². The third-order valence-corrected chi connectivity index (χ3v) is 4.29. The number of hydrogen-bond donors (Lipinski definition) is 1. The summed E-state index contributed by atoms with van der Waals surface area (Å²) < 4.78 is 5.39. The lowest BCUT2D eigenvalue weighted by Crippen LogP contribution is -2.27. The Morgan fingerprint density at radius 1 is 1.17 bits per heavy atom. The van der Waals surface area contributed by atoms with Gasteiger partial charge < -0.3 is 4.74 Å². The van der Waals surface area contributed by atoms with Crippen LogP contribution in [0.2, 0.25) is 10.0 Å². The highest BCUT2D eigenvalue weighted by Crippen LogP contribution is 2.27. The Hall–Kier alpha value is -2.04. The van der Waals surface area contributed by atoms with Gasteiger partial charge in [-0.3, -0.25) is 4.79 Å². The van der Waals surface area contributed by atoms with E-state index in [1.165, 1.54) is 5.56 Å². The molecule has 0 aromatic heterocycles. The van der Waals surface area contributed by atoms with E-state index in [9.17, 15) is 4.79 Å². The molecule has 0 saturated carbocycles. The number of nitrogens with one attached hydrogen (secondary N) is 1. The van der Waals surface area contributed by atoms with Crippen molar-refractivity contribution in [2.45, 2.75) is 19.3 Å². The second-order valence-electron chi connectivity index (χ2n) is 5.47. The largest absolute Gasteiger partial charge is 0.482 e. The number of nitrogens with zero attached hydrogens (tertiary/aromatic N) is 1. The van der Waals surface area contributed by atoms with E-state index in [1.807, 2.05) is 18.2 Å². The van der Waals surface area contributed by atoms with Crippen LogP contribution in [0.15, 0.2) is 47.6 Å². The lowest BCUT2D eigenvalue weighted by molar-refractivity contribution is -0.123. The molecule has 4 nitrogen and oxygen atoms in total. The zero-order valence-electron chi connectivity index (χ0n) is 12.9. The molecule has 1 amide bonds. The second kappa shape index (κ2) is 7.69. The molecule has 124 valence electrons. The van der Waals surface area contributed by atoms with Gasteiger partial charge >= 0.3 is 0 Å². The summed E-state index contributed by atoms with van der Waals surface area (Å²) in [4.78, 5) is 11.9. The smallest absolute Gasteiger partial charge is 0.277 e. The number of halogens is 2. The van der Waals surface area contributed by atoms with Crippen LogP contribution in [-0.4, -0.2) is 18.2 Å². The molecule has 0 saturated heterocycles. The van der Waals surface area contributed by atoms with Gasteiger partial charge in [0.05, 0.1) is 10.7 Å². The van der Waals surface area contributed by atoms with Crippen LogP contribution in [0.4, 0.5) is 0 Å². The average Bonchev–Trinajstić information content (AvgIpc) is 2.59. The molecule has 24 heavy (non-hydrogen) atoms. The lowest BCUT2D eigenvalue weighted by Gasteiger charge is -2.17. The molecule has 0 radical (unpaired) electrons. The quantitative estimate of drug-likeness (QED) is 0.827. The lowest BCUT2D eigenvalue weighted by atomic mass is 9.90. The Kier molecular flexibility index (Phi) is 5.38. The van der Waals surface area contributed by atoms with Gasteiger partial charge in [-0.2, -0.15) is 5.10 Å². The average molecular weight is 363 g/mol. The van der Waals surface area contributed by atoms with Gasteiger partial charge in [0, 0.05) is 10.6 Å². The second-order valence-corrected chi connectivity index (χ2v) is 6.31. The summed E-state index contributed by atoms with van der Waals surface area (Å²) in [5.41, 5.74) is 5.81. The van der Waals surface area contributed by atoms with Crippen LogP contribution in [0, 0.1) is 0 Å². The highest BCUT2D eigenvalue weighted by atomic mass is 35.5. The van der Waals surface area contributed by atoms with E-state index in [1.54, 1.807) is 18.2 Å². The van der Waals surface area contributed by atoms with Crippen molar-refractivity contribution in [1.29, 1.82) is 0 Å². The van der Waals surface area contributed by atoms with E-state index in [-0.39, 0.29) is 12.5 Å². The molecule has 0 spiro atoms. The highest BCUT2D eigenvalue weighted by Gasteiger charge is 2.15. The maximum atomic E-state index is 11.9. The fourth-order valence-corrected chi connectivity index (χ4v) is 3.08. The van der Waals surface area contributed by atoms with Gasteiger partial charge in [-0.1, -0.05) is 47.5 Å². The van der Waals surface area contributed by atoms with Gasteiger partial charge in [-0.25, -0.2) is 5.43 Å². The van der Waals surface area contributed by atoms with Gasteiger partial charge in [0.2, 0.25) is 0 Å². The van der Waals surface area contributed by atoms with Crippen LogP contribution in [0.25, 0.3) is 0 Å². The van der Waals surface area contributed by atoms with Gasteiger partial charge in [0.25, 0.3) is 5.91 Å². The van der Waals surface area contributed by atoms with Crippen LogP contribution in [-0.2, 0) is 11.2 Å². The zero-order chi connectivity index (χ0) is 16.9. The molecule has 1 aliphatic carbocycles. The number of carbonyl (C=O) groups is 1. The van der Waals surface area contributed by atoms with Crippen LogP contribution in [0.3, 0.4) is 0 Å². The first-order valence-corrected chi connectivity index (χ1v) is 8.40. The van der Waals surface area contributed by atoms with Crippen LogP contribution < -0.4 is 10.2 Å². The zero-order valence-corrected chi connectivity index (χ0v) is 14.4. The van der Waals surface area contributed by atoms with Crippen LogP contribution in [0.1, 0.15) is 24.0 Å². The molecular formula is C18H16Cl2N2O2. The van der Waals surface area contributed by atoms with Crippen molar-refractivity contribution in [2.75, 3.05) is 6.61 Å². The summed E-state index contributed by atoms with van der Waals surface area (Å²) in [7, 11) is 0. The number of hydrogen-bond acceptors (Lipinski definition) is 3. The molecule has 0 unspecified atom stereocenters. The SMILES string of the molecule is O=C(COc1ccc(Cl)cc1Cl)N/N=C1/CCCc2ccccc21. The van der Waals surface area contributed by atoms with Gasteiger partial charge in [0.15, 0.2) is 6.61 Å². The van der Waals surface area contributed by atoms with Crippen molar-refractivity contribution in [3.8, 4) is 5.75 Å². The van der Waals surface area contributed by atoms with Crippen molar-refractivity contribution in [3.63, 3.8) is 0 Å². The summed E-state index contributed by atoms with van der Waals surface area (Å²) in [5, 5.41) is 5.13. The Bertz CT molecular complexity index is 790. The molecule has 6 heteroatoms. The van der Waals surface area contributed by atoms with Crippen LogP contribution in [0.5, 0.6) is 5.75 Å². The Morgan fingerprint density at radius 3 is 2.83 bits per heavy atom. The predicted molar refractivity (Wildman–Crippen MR) is 96.0 cm³/mol. The Balaban J connectivity index is 1.60. The van der Waals surface area contributed by atoms with Crippen molar-refractivity contribution < 1.29 is 9.53 Å². The topological polar surface area (TPSA) is 50.7 Å². The monoisotopic (exact) mass is 362 g/mol. The number of rotatable bonds is 4. The normalized spacial score (nSPS) is 15.0. The number of aryl methyl sites for hydroxylation is 1. The first kappa shape index (κ1) is 16.8. The molecule has 0 heterocycles. The van der Waals surface area contributed by atoms with Gasteiger partial charge in [-0.05, 0) is 43.0 Å². The van der Waals surface area contributed by atoms with E-state index in [0.29, 0.717) is 15.8 Å². The molecule has 2 aromatic rings. The minimum atomic E-state index is -0.337. The summed E-state index contributed by atoms with van der Waals surface area (Å²) in [5.74, 6) is 0.0726. The third-order valence-electron chi connectivity index (χ3n) is 3.76. The number of carbonyl (C=O) groups excluding carboxylic acids is 1. The van der Waals surface area contributed by atoms with Gasteiger partial charge in [0.1, 0.15) is 5.75 Å². The Morgan fingerprint density at radius 2 is 2.00 bits per heavy atom. The summed E-state index contributed by atoms with van der Waals surface area (Å²) >= 11 is 11.8. The molecule has 1 N–H and O–H groups in total. The van der Waals surface area contributed by atoms with E-state index in [4.69, 9.17) is 27.9 Å². The molecule has 0 atom stereocenters. The molecule has 1 aliphatic rings. The van der Waals surface area contributed by atoms with E-state index in [0.717, 1.165) is 30.5 Å². The first-order chi connectivity index (χ1) is 11.6. The maximum Gasteiger partial charge on any atom is 0.277 e.